The lowest BCUT2D eigenvalue weighted by Crippen LogP contribution is -2.43. The average Bonchev–Trinajstić information content (AvgIpc) is 3.04. The number of urea groups is 1. The first-order valence-electron chi connectivity index (χ1n) is 9.60. The highest BCUT2D eigenvalue weighted by molar-refractivity contribution is 8.15. The smallest absolute Gasteiger partial charge is 0.321 e. The van der Waals surface area contributed by atoms with Crippen LogP contribution >= 0.6 is 11.8 Å². The van der Waals surface area contributed by atoms with Gasteiger partial charge in [-0.3, -0.25) is 19.8 Å². The lowest BCUT2D eigenvalue weighted by molar-refractivity contribution is -0.119. The number of benzene rings is 2. The number of hydrogen-bond donors (Lipinski definition) is 2. The minimum absolute atomic E-state index is 0.189. The molecule has 0 saturated carbocycles. The zero-order chi connectivity index (χ0) is 22.4. The number of nitrogens with one attached hydrogen (secondary N) is 2. The molecule has 4 amide bonds. The van der Waals surface area contributed by atoms with Gasteiger partial charge in [-0.15, -0.1) is 0 Å². The molecular weight excluding hydrogens is 419 g/mol. The van der Waals surface area contributed by atoms with Crippen molar-refractivity contribution in [3.05, 3.63) is 71.7 Å². The molecule has 0 fully saturated rings. The fourth-order valence-electron chi connectivity index (χ4n) is 2.73. The highest BCUT2D eigenvalue weighted by Gasteiger charge is 2.34. The molecule has 1 atom stereocenters. The monoisotopic (exact) mass is 440 g/mol. The summed E-state index contributed by atoms with van der Waals surface area (Å²) < 4.78 is 13.4. The second kappa shape index (κ2) is 10.0. The summed E-state index contributed by atoms with van der Waals surface area (Å²) in [5, 5.41) is 4.28. The molecule has 2 aromatic carbocycles. The molecule has 0 aromatic heterocycles. The molecule has 7 nitrogen and oxygen atoms in total. The molecule has 2 N–H and O–H groups in total. The Balaban J connectivity index is 1.88. The van der Waals surface area contributed by atoms with Crippen molar-refractivity contribution in [3.63, 3.8) is 0 Å². The number of aliphatic imine (C=N–C) groups is 1. The Morgan fingerprint density at radius 3 is 2.48 bits per heavy atom. The summed E-state index contributed by atoms with van der Waals surface area (Å²) in [4.78, 5) is 42.8. The number of amidine groups is 1. The fourth-order valence-corrected chi connectivity index (χ4v) is 3.66. The molecule has 0 saturated heterocycles. The molecule has 0 aliphatic carbocycles. The number of thioether (sulfide) groups is 1. The first kappa shape index (κ1) is 22.2. The Hall–Kier alpha value is -3.46. The van der Waals surface area contributed by atoms with Crippen molar-refractivity contribution in [2.45, 2.75) is 19.1 Å². The van der Waals surface area contributed by atoms with Crippen molar-refractivity contribution >= 4 is 46.5 Å². The molecule has 1 aliphatic heterocycles. The van der Waals surface area contributed by atoms with Gasteiger partial charge in [0.25, 0.3) is 5.91 Å². The maximum Gasteiger partial charge on any atom is 0.321 e. The van der Waals surface area contributed by atoms with Crippen molar-refractivity contribution in [1.29, 1.82) is 0 Å². The minimum atomic E-state index is -0.715. The highest BCUT2D eigenvalue weighted by Crippen LogP contribution is 2.31. The molecule has 0 unspecified atom stereocenters. The quantitative estimate of drug-likeness (QED) is 0.696. The predicted octanol–water partition coefficient (Wildman–Crippen LogP) is 3.54. The predicted molar refractivity (Wildman–Crippen MR) is 120 cm³/mol. The van der Waals surface area contributed by atoms with Crippen LogP contribution in [0.15, 0.2) is 65.3 Å². The summed E-state index contributed by atoms with van der Waals surface area (Å²) in [5.74, 6) is -1.35. The number of hydrogen-bond acceptors (Lipinski definition) is 5. The van der Waals surface area contributed by atoms with Crippen LogP contribution in [-0.2, 0) is 9.59 Å². The van der Waals surface area contributed by atoms with Gasteiger partial charge in [-0.25, -0.2) is 14.2 Å². The van der Waals surface area contributed by atoms with Crippen molar-refractivity contribution in [2.24, 2.45) is 4.99 Å². The van der Waals surface area contributed by atoms with Gasteiger partial charge in [-0.05, 0) is 49.8 Å². The number of halogens is 1. The van der Waals surface area contributed by atoms with Crippen LogP contribution in [-0.4, -0.2) is 34.8 Å². The molecule has 3 rings (SSSR count). The molecule has 0 bridgehead atoms. The second-order valence-electron chi connectivity index (χ2n) is 6.56. The molecule has 1 aliphatic rings. The first-order chi connectivity index (χ1) is 14.9. The molecule has 2 aromatic rings. The van der Waals surface area contributed by atoms with Gasteiger partial charge in [-0.1, -0.05) is 42.1 Å². The Labute approximate surface area is 183 Å². The zero-order valence-electron chi connectivity index (χ0n) is 17.0. The number of carbonyl (C=O) groups excluding carboxylic acids is 3. The lowest BCUT2D eigenvalue weighted by Gasteiger charge is -2.19. The van der Waals surface area contributed by atoms with Crippen molar-refractivity contribution < 1.29 is 18.8 Å². The SMILES string of the molecule is CCNC(=O)NC(=O)[C@H](C)SC1=N/C(=C/c2ccccc2)C(=O)N1c1ccc(F)cc1. The Morgan fingerprint density at radius 2 is 1.84 bits per heavy atom. The largest absolute Gasteiger partial charge is 0.338 e. The van der Waals surface area contributed by atoms with Crippen LogP contribution in [0.4, 0.5) is 14.9 Å². The maximum absolute atomic E-state index is 13.4. The molecule has 1 heterocycles. The molecule has 0 radical (unpaired) electrons. The van der Waals surface area contributed by atoms with E-state index in [0.29, 0.717) is 12.2 Å². The summed E-state index contributed by atoms with van der Waals surface area (Å²) in [7, 11) is 0. The zero-order valence-corrected chi connectivity index (χ0v) is 17.8. The number of rotatable bonds is 5. The van der Waals surface area contributed by atoms with E-state index >= 15 is 0 Å². The Bertz CT molecular complexity index is 1040. The standard InChI is InChI=1S/C22H21FN4O3S/c1-3-24-21(30)26-19(28)14(2)31-22-25-18(13-15-7-5-4-6-8-15)20(29)27(22)17-11-9-16(23)10-12-17/h4-14H,3H2,1-2H3,(H2,24,26,28,30)/b18-13+/t14-/m0/s1. The normalized spacial score (nSPS) is 15.6. The van der Waals surface area contributed by atoms with E-state index in [1.807, 2.05) is 30.3 Å². The number of imide groups is 1. The van der Waals surface area contributed by atoms with Crippen LogP contribution in [0.3, 0.4) is 0 Å². The van der Waals surface area contributed by atoms with Crippen LogP contribution < -0.4 is 15.5 Å². The van der Waals surface area contributed by atoms with E-state index in [1.54, 1.807) is 19.9 Å². The third-order valence-corrected chi connectivity index (χ3v) is 5.30. The lowest BCUT2D eigenvalue weighted by atomic mass is 10.2. The van der Waals surface area contributed by atoms with Gasteiger partial charge in [0.05, 0.1) is 10.9 Å². The van der Waals surface area contributed by atoms with Crippen LogP contribution in [0.1, 0.15) is 19.4 Å². The van der Waals surface area contributed by atoms with Gasteiger partial charge >= 0.3 is 6.03 Å². The van der Waals surface area contributed by atoms with E-state index in [-0.39, 0.29) is 10.9 Å². The van der Waals surface area contributed by atoms with Crippen LogP contribution in [0.25, 0.3) is 6.08 Å². The van der Waals surface area contributed by atoms with Crippen LogP contribution in [0.2, 0.25) is 0 Å². The first-order valence-corrected chi connectivity index (χ1v) is 10.5. The third kappa shape index (κ3) is 5.58. The molecule has 160 valence electrons. The number of amides is 4. The highest BCUT2D eigenvalue weighted by atomic mass is 32.2. The van der Waals surface area contributed by atoms with Gasteiger partial charge in [0.1, 0.15) is 11.5 Å². The van der Waals surface area contributed by atoms with E-state index in [1.165, 1.54) is 29.2 Å². The fraction of sp³-hybridized carbons (Fsp3) is 0.182. The van der Waals surface area contributed by atoms with E-state index in [9.17, 15) is 18.8 Å². The van der Waals surface area contributed by atoms with Crippen LogP contribution in [0, 0.1) is 5.82 Å². The van der Waals surface area contributed by atoms with E-state index in [2.05, 4.69) is 15.6 Å². The number of anilines is 1. The third-order valence-electron chi connectivity index (χ3n) is 4.24. The average molecular weight is 441 g/mol. The molecule has 0 spiro atoms. The summed E-state index contributed by atoms with van der Waals surface area (Å²) in [5.41, 5.74) is 1.40. The van der Waals surface area contributed by atoms with E-state index in [4.69, 9.17) is 0 Å². The minimum Gasteiger partial charge on any atom is -0.338 e. The summed E-state index contributed by atoms with van der Waals surface area (Å²) in [6.45, 7) is 3.73. The summed E-state index contributed by atoms with van der Waals surface area (Å²) >= 11 is 1.03. The maximum atomic E-state index is 13.4. The summed E-state index contributed by atoms with van der Waals surface area (Å²) in [6.07, 6.45) is 1.64. The van der Waals surface area contributed by atoms with Gasteiger partial charge in [0.15, 0.2) is 5.17 Å². The summed E-state index contributed by atoms with van der Waals surface area (Å²) in [6, 6.07) is 14.1. The molecule has 31 heavy (non-hydrogen) atoms. The van der Waals surface area contributed by atoms with Crippen molar-refractivity contribution in [2.75, 3.05) is 11.4 Å². The number of nitrogens with zero attached hydrogens (tertiary/aromatic N) is 2. The Morgan fingerprint density at radius 1 is 1.16 bits per heavy atom. The van der Waals surface area contributed by atoms with E-state index < -0.39 is 28.9 Å². The van der Waals surface area contributed by atoms with Crippen molar-refractivity contribution in [3.8, 4) is 0 Å². The molecular formula is C22H21FN4O3S. The number of carbonyl (C=O) groups is 3. The van der Waals surface area contributed by atoms with Gasteiger partial charge in [0, 0.05) is 6.54 Å². The van der Waals surface area contributed by atoms with Gasteiger partial charge in [-0.2, -0.15) is 0 Å². The van der Waals surface area contributed by atoms with Gasteiger partial charge in [0.2, 0.25) is 5.91 Å². The van der Waals surface area contributed by atoms with Crippen molar-refractivity contribution in [1.82, 2.24) is 10.6 Å². The van der Waals surface area contributed by atoms with Gasteiger partial charge < -0.3 is 5.32 Å². The second-order valence-corrected chi connectivity index (χ2v) is 7.87. The Kier molecular flexibility index (Phi) is 7.19. The molecule has 9 heteroatoms. The van der Waals surface area contributed by atoms with Crippen LogP contribution in [0.5, 0.6) is 0 Å². The van der Waals surface area contributed by atoms with E-state index in [0.717, 1.165) is 17.3 Å². The topological polar surface area (TPSA) is 90.9 Å².